The minimum absolute atomic E-state index is 0.445. The van der Waals surface area contributed by atoms with E-state index in [1.54, 1.807) is 0 Å². The van der Waals surface area contributed by atoms with Crippen molar-refractivity contribution >= 4 is 0 Å². The van der Waals surface area contributed by atoms with Crippen molar-refractivity contribution in [2.24, 2.45) is 87.3 Å². The molecule has 0 aromatic carbocycles. The first-order valence-corrected chi connectivity index (χ1v) is 17.4. The van der Waals surface area contributed by atoms with Crippen molar-refractivity contribution in [3.05, 3.63) is 0 Å². The first-order chi connectivity index (χ1) is 17.8. The predicted octanol–water partition coefficient (Wildman–Crippen LogP) is 10.5. The SMILES string of the molecule is CCOC1CCCCC1C1CCC(C)C2C(C)C3C(C)C4(C)C(C)C(C(C)C)C(C)CC4(C)CC3(C)CC12. The van der Waals surface area contributed by atoms with E-state index in [0.717, 1.165) is 77.6 Å². The molecule has 5 fully saturated rings. The van der Waals surface area contributed by atoms with Gasteiger partial charge in [-0.15, -0.1) is 0 Å². The van der Waals surface area contributed by atoms with Crippen LogP contribution in [0.1, 0.15) is 134 Å². The Kier molecular flexibility index (Phi) is 8.02. The third kappa shape index (κ3) is 4.23. The molecule has 0 bridgehead atoms. The van der Waals surface area contributed by atoms with Crippen molar-refractivity contribution in [1.82, 2.24) is 0 Å². The molecule has 220 valence electrons. The Hall–Kier alpha value is -0.0400. The van der Waals surface area contributed by atoms with E-state index in [2.05, 4.69) is 76.2 Å². The Labute approximate surface area is 238 Å². The first-order valence-electron chi connectivity index (χ1n) is 17.4. The van der Waals surface area contributed by atoms with Crippen LogP contribution in [-0.2, 0) is 4.74 Å². The van der Waals surface area contributed by atoms with E-state index in [-0.39, 0.29) is 0 Å². The molecule has 0 radical (unpaired) electrons. The molecule has 0 heterocycles. The molecule has 1 nitrogen and oxygen atoms in total. The summed E-state index contributed by atoms with van der Waals surface area (Å²) >= 11 is 0. The summed E-state index contributed by atoms with van der Waals surface area (Å²) < 4.78 is 6.48. The number of fused-ring (bicyclic) bond motifs is 3. The summed E-state index contributed by atoms with van der Waals surface area (Å²) in [5.74, 6) is 10.3. The molecule has 0 spiro atoms. The number of hydrogen-bond donors (Lipinski definition) is 0. The number of rotatable bonds is 4. The van der Waals surface area contributed by atoms with Crippen molar-refractivity contribution in [2.45, 2.75) is 140 Å². The lowest BCUT2D eigenvalue weighted by atomic mass is 9.31. The summed E-state index contributed by atoms with van der Waals surface area (Å²) in [4.78, 5) is 0. The van der Waals surface area contributed by atoms with Crippen molar-refractivity contribution in [1.29, 1.82) is 0 Å². The van der Waals surface area contributed by atoms with Gasteiger partial charge in [-0.3, -0.25) is 0 Å². The molecule has 0 aliphatic heterocycles. The van der Waals surface area contributed by atoms with Crippen LogP contribution in [0, 0.1) is 87.3 Å². The van der Waals surface area contributed by atoms with E-state index >= 15 is 0 Å². The highest BCUT2D eigenvalue weighted by Crippen LogP contribution is 2.75. The molecule has 1 heteroatoms. The lowest BCUT2D eigenvalue weighted by Crippen LogP contribution is -2.67. The van der Waals surface area contributed by atoms with Gasteiger partial charge in [0.25, 0.3) is 0 Å². The van der Waals surface area contributed by atoms with Crippen LogP contribution in [0.2, 0.25) is 0 Å². The van der Waals surface area contributed by atoms with Gasteiger partial charge in [0, 0.05) is 6.61 Å². The fourth-order valence-electron chi connectivity index (χ4n) is 14.4. The first kappa shape index (κ1) is 29.5. The quantitative estimate of drug-likeness (QED) is 0.354. The van der Waals surface area contributed by atoms with Gasteiger partial charge in [0.1, 0.15) is 0 Å². The minimum atomic E-state index is 0.445. The molecule has 0 aromatic heterocycles. The van der Waals surface area contributed by atoms with Gasteiger partial charge in [-0.2, -0.15) is 0 Å². The molecule has 5 aliphatic rings. The van der Waals surface area contributed by atoms with Crippen LogP contribution in [0.3, 0.4) is 0 Å². The van der Waals surface area contributed by atoms with Crippen LogP contribution in [0.4, 0.5) is 0 Å². The van der Waals surface area contributed by atoms with Crippen molar-refractivity contribution < 1.29 is 4.74 Å². The summed E-state index contributed by atoms with van der Waals surface area (Å²) in [5, 5.41) is 0. The van der Waals surface area contributed by atoms with Gasteiger partial charge >= 0.3 is 0 Å². The topological polar surface area (TPSA) is 9.23 Å². The average Bonchev–Trinajstić information content (AvgIpc) is 2.82. The van der Waals surface area contributed by atoms with Crippen molar-refractivity contribution in [3.63, 3.8) is 0 Å². The van der Waals surface area contributed by atoms with Gasteiger partial charge in [0.05, 0.1) is 6.10 Å². The van der Waals surface area contributed by atoms with Gasteiger partial charge < -0.3 is 4.74 Å². The highest BCUT2D eigenvalue weighted by atomic mass is 16.5. The fraction of sp³-hybridized carbons (Fsp3) is 1.00. The van der Waals surface area contributed by atoms with Gasteiger partial charge in [-0.1, -0.05) is 88.5 Å². The van der Waals surface area contributed by atoms with Crippen LogP contribution in [0.15, 0.2) is 0 Å². The molecule has 5 rings (SSSR count). The third-order valence-corrected chi connectivity index (χ3v) is 15.3. The lowest BCUT2D eigenvalue weighted by Gasteiger charge is -2.73. The van der Waals surface area contributed by atoms with Gasteiger partial charge in [0.2, 0.25) is 0 Å². The fourth-order valence-corrected chi connectivity index (χ4v) is 14.4. The Morgan fingerprint density at radius 2 is 1.45 bits per heavy atom. The van der Waals surface area contributed by atoms with Crippen molar-refractivity contribution in [3.8, 4) is 0 Å². The smallest absolute Gasteiger partial charge is 0.0605 e. The number of hydrogen-bond acceptors (Lipinski definition) is 1. The molecular weight excluding hydrogens is 460 g/mol. The van der Waals surface area contributed by atoms with Gasteiger partial charge in [-0.25, -0.2) is 0 Å². The summed E-state index contributed by atoms with van der Waals surface area (Å²) in [6.45, 7) is 29.9. The van der Waals surface area contributed by atoms with Gasteiger partial charge in [-0.05, 0) is 133 Å². The second-order valence-electron chi connectivity index (χ2n) is 17.2. The maximum Gasteiger partial charge on any atom is 0.0605 e. The second-order valence-corrected chi connectivity index (χ2v) is 17.2. The molecule has 15 unspecified atom stereocenters. The lowest BCUT2D eigenvalue weighted by molar-refractivity contribution is -0.250. The van der Waals surface area contributed by atoms with Crippen LogP contribution < -0.4 is 0 Å². The van der Waals surface area contributed by atoms with E-state index in [1.807, 2.05) is 0 Å². The van der Waals surface area contributed by atoms with Crippen LogP contribution in [-0.4, -0.2) is 12.7 Å². The molecule has 0 aromatic rings. The van der Waals surface area contributed by atoms with E-state index < -0.39 is 0 Å². The predicted molar refractivity (Wildman–Crippen MR) is 163 cm³/mol. The summed E-state index contributed by atoms with van der Waals surface area (Å²) in [5.41, 5.74) is 1.40. The zero-order valence-corrected chi connectivity index (χ0v) is 27.5. The third-order valence-electron chi connectivity index (χ3n) is 15.3. The molecule has 38 heavy (non-hydrogen) atoms. The molecule has 0 saturated heterocycles. The highest BCUT2D eigenvalue weighted by Gasteiger charge is 2.68. The van der Waals surface area contributed by atoms with Crippen LogP contribution >= 0.6 is 0 Å². The molecular formula is C37H66O. The summed E-state index contributed by atoms with van der Waals surface area (Å²) in [6.07, 6.45) is 13.5. The largest absolute Gasteiger partial charge is 0.378 e. The zero-order valence-electron chi connectivity index (χ0n) is 27.5. The summed E-state index contributed by atoms with van der Waals surface area (Å²) in [7, 11) is 0. The second kappa shape index (κ2) is 10.3. The standard InChI is InChI=1S/C37H66O/c1-12-38-31-16-14-13-15-29(31)28-18-17-23(4)33-25(6)34-27(8)37(11)26(7)32(22(2)3)24(5)19-36(37,10)21-35(34,9)20-30(28)33/h22-34H,12-21H2,1-11H3. The van der Waals surface area contributed by atoms with Gasteiger partial charge in [0.15, 0.2) is 0 Å². The monoisotopic (exact) mass is 527 g/mol. The maximum absolute atomic E-state index is 6.48. The molecule has 0 N–H and O–H groups in total. The van der Waals surface area contributed by atoms with E-state index in [9.17, 15) is 0 Å². The number of ether oxygens (including phenoxy) is 1. The summed E-state index contributed by atoms with van der Waals surface area (Å²) in [6, 6.07) is 0. The molecule has 0 amide bonds. The van der Waals surface area contributed by atoms with Crippen molar-refractivity contribution in [2.75, 3.05) is 6.61 Å². The molecule has 5 saturated carbocycles. The Bertz CT molecular complexity index is 831. The van der Waals surface area contributed by atoms with E-state index in [1.165, 1.54) is 57.8 Å². The Morgan fingerprint density at radius 3 is 2.11 bits per heavy atom. The molecule has 15 atom stereocenters. The minimum Gasteiger partial charge on any atom is -0.378 e. The van der Waals surface area contributed by atoms with Crippen LogP contribution in [0.25, 0.3) is 0 Å². The van der Waals surface area contributed by atoms with E-state index in [0.29, 0.717) is 22.3 Å². The maximum atomic E-state index is 6.48. The zero-order chi connectivity index (χ0) is 27.8. The van der Waals surface area contributed by atoms with Crippen LogP contribution in [0.5, 0.6) is 0 Å². The highest BCUT2D eigenvalue weighted by molar-refractivity contribution is 5.17. The molecule has 5 aliphatic carbocycles. The normalized spacial score (nSPS) is 57.2. The Morgan fingerprint density at radius 1 is 0.763 bits per heavy atom. The average molecular weight is 527 g/mol. The Balaban J connectivity index is 1.52. The van der Waals surface area contributed by atoms with E-state index in [4.69, 9.17) is 4.74 Å².